The number of hydrogen-bond donors (Lipinski definition) is 2. The van der Waals surface area contributed by atoms with E-state index in [1.165, 1.54) is 25.3 Å². The summed E-state index contributed by atoms with van der Waals surface area (Å²) < 4.78 is 13.3. The molecule has 0 radical (unpaired) electrons. The number of aryl methyl sites for hydroxylation is 1. The zero-order chi connectivity index (χ0) is 12.7. The molecule has 0 amide bonds. The molecular formula is C14H23FN2. The van der Waals surface area contributed by atoms with Crippen molar-refractivity contribution in [1.29, 1.82) is 0 Å². The largest absolute Gasteiger partial charge is 0.271 e. The zero-order valence-electron chi connectivity index (χ0n) is 10.8. The van der Waals surface area contributed by atoms with Crippen molar-refractivity contribution in [2.24, 2.45) is 5.84 Å². The molecule has 0 heterocycles. The fourth-order valence-electron chi connectivity index (χ4n) is 2.09. The molecule has 0 aliphatic heterocycles. The van der Waals surface area contributed by atoms with Crippen LogP contribution in [-0.4, -0.2) is 0 Å². The highest BCUT2D eigenvalue weighted by Gasteiger charge is 2.10. The summed E-state index contributed by atoms with van der Waals surface area (Å²) in [7, 11) is 0. The second-order valence-electron chi connectivity index (χ2n) is 4.63. The molecule has 0 fully saturated rings. The van der Waals surface area contributed by atoms with E-state index in [1.54, 1.807) is 6.07 Å². The Bertz CT molecular complexity index is 319. The van der Waals surface area contributed by atoms with Gasteiger partial charge in [0.15, 0.2) is 0 Å². The van der Waals surface area contributed by atoms with Gasteiger partial charge in [-0.1, -0.05) is 38.7 Å². The van der Waals surface area contributed by atoms with Crippen molar-refractivity contribution in [3.05, 3.63) is 35.1 Å². The fraction of sp³-hybridized carbons (Fsp3) is 0.571. The van der Waals surface area contributed by atoms with E-state index < -0.39 is 0 Å². The van der Waals surface area contributed by atoms with E-state index in [0.717, 1.165) is 24.0 Å². The molecule has 3 heteroatoms. The Balaban J connectivity index is 2.59. The summed E-state index contributed by atoms with van der Waals surface area (Å²) >= 11 is 0. The van der Waals surface area contributed by atoms with Crippen LogP contribution in [0.2, 0.25) is 0 Å². The standard InChI is InChI=1S/C14H23FN2/c1-3-4-5-6-7-14(17-16)12-8-11(2)9-13(15)10-12/h8-10,14,17H,3-7,16H2,1-2H3. The molecule has 17 heavy (non-hydrogen) atoms. The molecule has 96 valence electrons. The maximum absolute atomic E-state index is 13.3. The molecule has 0 saturated carbocycles. The van der Waals surface area contributed by atoms with E-state index in [0.29, 0.717) is 0 Å². The number of nitrogens with one attached hydrogen (secondary N) is 1. The van der Waals surface area contributed by atoms with Gasteiger partial charge in [-0.2, -0.15) is 0 Å². The fourth-order valence-corrected chi connectivity index (χ4v) is 2.09. The second-order valence-corrected chi connectivity index (χ2v) is 4.63. The molecule has 1 aromatic rings. The van der Waals surface area contributed by atoms with Gasteiger partial charge in [-0.15, -0.1) is 0 Å². The van der Waals surface area contributed by atoms with Gasteiger partial charge >= 0.3 is 0 Å². The third-order valence-electron chi connectivity index (χ3n) is 3.01. The summed E-state index contributed by atoms with van der Waals surface area (Å²) in [6.45, 7) is 4.09. The minimum atomic E-state index is -0.186. The van der Waals surface area contributed by atoms with Crippen molar-refractivity contribution < 1.29 is 4.39 Å². The summed E-state index contributed by atoms with van der Waals surface area (Å²) in [5.41, 5.74) is 4.67. The van der Waals surface area contributed by atoms with Crippen LogP contribution in [0.3, 0.4) is 0 Å². The minimum Gasteiger partial charge on any atom is -0.271 e. The summed E-state index contributed by atoms with van der Waals surface area (Å²) in [5.74, 6) is 5.36. The number of benzene rings is 1. The normalized spacial score (nSPS) is 12.7. The molecule has 0 bridgehead atoms. The minimum absolute atomic E-state index is 0.0567. The van der Waals surface area contributed by atoms with Crippen LogP contribution in [0, 0.1) is 12.7 Å². The van der Waals surface area contributed by atoms with Gasteiger partial charge in [-0.05, 0) is 36.6 Å². The topological polar surface area (TPSA) is 38.0 Å². The summed E-state index contributed by atoms with van der Waals surface area (Å²) in [6.07, 6.45) is 5.76. The highest BCUT2D eigenvalue weighted by atomic mass is 19.1. The highest BCUT2D eigenvalue weighted by molar-refractivity contribution is 5.26. The molecular weight excluding hydrogens is 215 g/mol. The Kier molecular flexibility index (Phi) is 6.16. The van der Waals surface area contributed by atoms with Crippen molar-refractivity contribution in [2.75, 3.05) is 0 Å². The first-order valence-electron chi connectivity index (χ1n) is 6.40. The van der Waals surface area contributed by atoms with Gasteiger partial charge in [-0.25, -0.2) is 4.39 Å². The van der Waals surface area contributed by atoms with Gasteiger partial charge < -0.3 is 0 Å². The highest BCUT2D eigenvalue weighted by Crippen LogP contribution is 2.21. The molecule has 1 rings (SSSR count). The van der Waals surface area contributed by atoms with E-state index in [4.69, 9.17) is 5.84 Å². The van der Waals surface area contributed by atoms with E-state index in [2.05, 4.69) is 12.3 Å². The van der Waals surface area contributed by atoms with Crippen LogP contribution in [0.1, 0.15) is 56.2 Å². The van der Waals surface area contributed by atoms with Crippen molar-refractivity contribution in [2.45, 2.75) is 52.0 Å². The lowest BCUT2D eigenvalue weighted by molar-refractivity contribution is 0.479. The number of hydrogen-bond acceptors (Lipinski definition) is 2. The van der Waals surface area contributed by atoms with E-state index in [1.807, 2.05) is 13.0 Å². The molecule has 3 N–H and O–H groups in total. The summed E-state index contributed by atoms with van der Waals surface area (Å²) in [4.78, 5) is 0. The van der Waals surface area contributed by atoms with E-state index in [9.17, 15) is 4.39 Å². The summed E-state index contributed by atoms with van der Waals surface area (Å²) in [6, 6.07) is 5.15. The lowest BCUT2D eigenvalue weighted by Crippen LogP contribution is -2.28. The van der Waals surface area contributed by atoms with Crippen LogP contribution in [0.5, 0.6) is 0 Å². The molecule has 1 atom stereocenters. The molecule has 0 spiro atoms. The second kappa shape index (κ2) is 7.41. The SMILES string of the molecule is CCCCCCC(NN)c1cc(C)cc(F)c1. The van der Waals surface area contributed by atoms with Crippen LogP contribution in [0.15, 0.2) is 18.2 Å². The Morgan fingerprint density at radius 1 is 1.24 bits per heavy atom. The number of nitrogens with two attached hydrogens (primary N) is 1. The van der Waals surface area contributed by atoms with Gasteiger partial charge in [-0.3, -0.25) is 11.3 Å². The van der Waals surface area contributed by atoms with Gasteiger partial charge in [0.2, 0.25) is 0 Å². The van der Waals surface area contributed by atoms with Crippen molar-refractivity contribution >= 4 is 0 Å². The quantitative estimate of drug-likeness (QED) is 0.432. The van der Waals surface area contributed by atoms with Gasteiger partial charge in [0.25, 0.3) is 0 Å². The number of rotatable bonds is 7. The first-order chi connectivity index (χ1) is 8.17. The van der Waals surface area contributed by atoms with Gasteiger partial charge in [0, 0.05) is 6.04 Å². The molecule has 0 saturated heterocycles. The monoisotopic (exact) mass is 238 g/mol. The first-order valence-corrected chi connectivity index (χ1v) is 6.40. The first kappa shape index (κ1) is 14.1. The Morgan fingerprint density at radius 3 is 2.59 bits per heavy atom. The number of halogens is 1. The molecule has 0 aliphatic rings. The third kappa shape index (κ3) is 4.84. The van der Waals surface area contributed by atoms with Crippen molar-refractivity contribution in [3.63, 3.8) is 0 Å². The van der Waals surface area contributed by atoms with Gasteiger partial charge in [0.1, 0.15) is 5.82 Å². The Labute approximate surface area is 103 Å². The van der Waals surface area contributed by atoms with Crippen molar-refractivity contribution in [3.8, 4) is 0 Å². The average molecular weight is 238 g/mol. The number of hydrazine groups is 1. The lowest BCUT2D eigenvalue weighted by atomic mass is 9.99. The van der Waals surface area contributed by atoms with Crippen LogP contribution >= 0.6 is 0 Å². The predicted octanol–water partition coefficient (Wildman–Crippen LogP) is 3.61. The lowest BCUT2D eigenvalue weighted by Gasteiger charge is -2.17. The van der Waals surface area contributed by atoms with Gasteiger partial charge in [0.05, 0.1) is 0 Å². The van der Waals surface area contributed by atoms with Crippen molar-refractivity contribution in [1.82, 2.24) is 5.43 Å². The predicted molar refractivity (Wildman–Crippen MR) is 70.0 cm³/mol. The van der Waals surface area contributed by atoms with Crippen LogP contribution in [0.25, 0.3) is 0 Å². The molecule has 2 nitrogen and oxygen atoms in total. The smallest absolute Gasteiger partial charge is 0.123 e. The molecule has 1 unspecified atom stereocenters. The van der Waals surface area contributed by atoms with E-state index >= 15 is 0 Å². The van der Waals surface area contributed by atoms with Crippen LogP contribution in [0.4, 0.5) is 4.39 Å². The Hall–Kier alpha value is -0.930. The Morgan fingerprint density at radius 2 is 2.00 bits per heavy atom. The number of unbranched alkanes of at least 4 members (excludes halogenated alkanes) is 3. The maximum atomic E-state index is 13.3. The molecule has 0 aliphatic carbocycles. The van der Waals surface area contributed by atoms with E-state index in [-0.39, 0.29) is 11.9 Å². The zero-order valence-corrected chi connectivity index (χ0v) is 10.8. The average Bonchev–Trinajstić information content (AvgIpc) is 2.28. The van der Waals surface area contributed by atoms with Crippen LogP contribution < -0.4 is 11.3 Å². The maximum Gasteiger partial charge on any atom is 0.123 e. The molecule has 1 aromatic carbocycles. The molecule has 0 aromatic heterocycles. The third-order valence-corrected chi connectivity index (χ3v) is 3.01. The van der Waals surface area contributed by atoms with Crippen LogP contribution in [-0.2, 0) is 0 Å². The summed E-state index contributed by atoms with van der Waals surface area (Å²) in [5, 5.41) is 0.